The summed E-state index contributed by atoms with van der Waals surface area (Å²) in [4.78, 5) is 0. The summed E-state index contributed by atoms with van der Waals surface area (Å²) in [5.41, 5.74) is 10.2. The normalized spacial score (nSPS) is 18.5. The number of rotatable bonds is 2. The van der Waals surface area contributed by atoms with E-state index in [9.17, 15) is 0 Å². The van der Waals surface area contributed by atoms with E-state index in [1.807, 2.05) is 0 Å². The van der Waals surface area contributed by atoms with Crippen LogP contribution in [0.2, 0.25) is 6.82 Å². The van der Waals surface area contributed by atoms with Gasteiger partial charge in [-0.1, -0.05) is 85.6 Å². The highest BCUT2D eigenvalue weighted by atomic mass is 79.9. The van der Waals surface area contributed by atoms with E-state index in [-0.39, 0.29) is 0 Å². The van der Waals surface area contributed by atoms with E-state index in [4.69, 9.17) is 0 Å². The van der Waals surface area contributed by atoms with Gasteiger partial charge < -0.3 is 0 Å². The van der Waals surface area contributed by atoms with Crippen LogP contribution in [0.5, 0.6) is 0 Å². The molecule has 0 saturated carbocycles. The molecule has 24 heavy (non-hydrogen) atoms. The molecule has 0 heterocycles. The molecule has 0 bridgehead atoms. The number of halogens is 2. The Hall–Kier alpha value is -1.06. The van der Waals surface area contributed by atoms with Gasteiger partial charge >= 0.3 is 0 Å². The molecule has 1 atom stereocenters. The highest BCUT2D eigenvalue weighted by Crippen LogP contribution is 2.48. The predicted molar refractivity (Wildman–Crippen MR) is 113 cm³/mol. The fourth-order valence-electron chi connectivity index (χ4n) is 4.61. The molecule has 0 aliphatic heterocycles. The zero-order valence-corrected chi connectivity index (χ0v) is 17.3. The first-order chi connectivity index (χ1) is 11.5. The van der Waals surface area contributed by atoms with Crippen molar-refractivity contribution in [2.24, 2.45) is 0 Å². The molecule has 0 aromatic heterocycles. The second-order valence-electron chi connectivity index (χ2n) is 7.04. The van der Waals surface area contributed by atoms with Gasteiger partial charge in [-0.3, -0.25) is 0 Å². The van der Waals surface area contributed by atoms with Gasteiger partial charge in [0.1, 0.15) is 0 Å². The largest absolute Gasteiger partial charge is 0.185 e. The van der Waals surface area contributed by atoms with E-state index in [1.54, 1.807) is 0 Å². The zero-order chi connectivity index (χ0) is 17.0. The molecule has 0 spiro atoms. The number of benzene rings is 2. The van der Waals surface area contributed by atoms with Gasteiger partial charge in [-0.05, 0) is 60.5 Å². The molecule has 0 N–H and O–H groups in total. The number of hydrogen-bond acceptors (Lipinski definition) is 0. The number of fused-ring (bicyclic) bond motifs is 2. The molecule has 0 amide bonds. The van der Waals surface area contributed by atoms with Crippen LogP contribution in [-0.4, -0.2) is 6.71 Å². The highest BCUT2D eigenvalue weighted by molar-refractivity contribution is 9.10. The van der Waals surface area contributed by atoms with Crippen LogP contribution >= 0.6 is 31.9 Å². The van der Waals surface area contributed by atoms with Crippen LogP contribution in [0.4, 0.5) is 0 Å². The summed E-state index contributed by atoms with van der Waals surface area (Å²) in [5, 5.41) is 0. The van der Waals surface area contributed by atoms with Crippen LogP contribution in [0.15, 0.2) is 56.5 Å². The maximum Gasteiger partial charge on any atom is 0.185 e. The molecule has 1 unspecified atom stereocenters. The molecule has 0 nitrogen and oxygen atoms in total. The van der Waals surface area contributed by atoms with Crippen molar-refractivity contribution in [1.29, 1.82) is 0 Å². The summed E-state index contributed by atoms with van der Waals surface area (Å²) in [6.07, 6.45) is 3.43. The van der Waals surface area contributed by atoms with Crippen molar-refractivity contribution in [2.45, 2.75) is 32.9 Å². The lowest BCUT2D eigenvalue weighted by Crippen LogP contribution is -2.23. The minimum atomic E-state index is 0.443. The SMILES string of the molecule is CB(C1=C(C)Cc2cccc(Br)c21)C1C(C)=Cc2cccc(Br)c21. The zero-order valence-electron chi connectivity index (χ0n) is 14.2. The van der Waals surface area contributed by atoms with Gasteiger partial charge in [0.15, 0.2) is 6.71 Å². The van der Waals surface area contributed by atoms with Crippen molar-refractivity contribution in [1.82, 2.24) is 0 Å². The molecular weight excluding hydrogens is 423 g/mol. The monoisotopic (exact) mass is 440 g/mol. The molecule has 0 fully saturated rings. The molecule has 4 rings (SSSR count). The van der Waals surface area contributed by atoms with Crippen LogP contribution in [0, 0.1) is 0 Å². The molecule has 120 valence electrons. The van der Waals surface area contributed by atoms with Gasteiger partial charge in [0.25, 0.3) is 0 Å². The lowest BCUT2D eigenvalue weighted by Gasteiger charge is -2.24. The number of hydrogen-bond donors (Lipinski definition) is 0. The summed E-state index contributed by atoms with van der Waals surface area (Å²) < 4.78 is 2.46. The van der Waals surface area contributed by atoms with E-state index in [1.165, 1.54) is 47.8 Å². The fraction of sp³-hybridized carbons (Fsp3) is 0.238. The summed E-state index contributed by atoms with van der Waals surface area (Å²) in [6, 6.07) is 13.1. The van der Waals surface area contributed by atoms with E-state index in [0.29, 0.717) is 12.5 Å². The van der Waals surface area contributed by atoms with Gasteiger partial charge in [0, 0.05) is 8.95 Å². The first kappa shape index (κ1) is 16.4. The van der Waals surface area contributed by atoms with Crippen molar-refractivity contribution >= 4 is 50.1 Å². The van der Waals surface area contributed by atoms with Crippen molar-refractivity contribution < 1.29 is 0 Å². The second-order valence-corrected chi connectivity index (χ2v) is 8.75. The van der Waals surface area contributed by atoms with Crippen LogP contribution in [0.3, 0.4) is 0 Å². The maximum atomic E-state index is 3.80. The third-order valence-electron chi connectivity index (χ3n) is 5.51. The summed E-state index contributed by atoms with van der Waals surface area (Å²) in [5.74, 6) is 0.443. The Morgan fingerprint density at radius 3 is 2.50 bits per heavy atom. The topological polar surface area (TPSA) is 0 Å². The van der Waals surface area contributed by atoms with E-state index < -0.39 is 0 Å². The predicted octanol–water partition coefficient (Wildman–Crippen LogP) is 6.94. The van der Waals surface area contributed by atoms with Gasteiger partial charge in [-0.2, -0.15) is 0 Å². The van der Waals surface area contributed by atoms with Crippen molar-refractivity contribution in [3.8, 4) is 0 Å². The Kier molecular flexibility index (Phi) is 4.13. The smallest absolute Gasteiger partial charge is 0.0809 e. The molecular formula is C21H19BBr2. The highest BCUT2D eigenvalue weighted by Gasteiger charge is 2.37. The first-order valence-electron chi connectivity index (χ1n) is 8.43. The van der Waals surface area contributed by atoms with Crippen LogP contribution < -0.4 is 0 Å². The molecule has 3 heteroatoms. The second kappa shape index (κ2) is 6.03. The minimum Gasteiger partial charge on any atom is -0.0809 e. The molecule has 0 radical (unpaired) electrons. The lowest BCUT2D eigenvalue weighted by atomic mass is 9.35. The Morgan fingerprint density at radius 1 is 1.00 bits per heavy atom. The molecule has 2 aromatic carbocycles. The molecule has 2 aliphatic rings. The van der Waals surface area contributed by atoms with Crippen molar-refractivity contribution in [3.63, 3.8) is 0 Å². The molecule has 2 aliphatic carbocycles. The minimum absolute atomic E-state index is 0.443. The Bertz CT molecular complexity index is 908. The third-order valence-corrected chi connectivity index (χ3v) is 6.86. The van der Waals surface area contributed by atoms with E-state index >= 15 is 0 Å². The fourth-order valence-corrected chi connectivity index (χ4v) is 5.86. The van der Waals surface area contributed by atoms with Crippen LogP contribution in [0.1, 0.15) is 41.9 Å². The summed E-state index contributed by atoms with van der Waals surface area (Å²) >= 11 is 7.59. The van der Waals surface area contributed by atoms with E-state index in [2.05, 4.69) is 95.0 Å². The molecule has 2 aromatic rings. The Morgan fingerprint density at radius 2 is 1.71 bits per heavy atom. The van der Waals surface area contributed by atoms with Gasteiger partial charge in [0.2, 0.25) is 0 Å². The number of allylic oxidation sites excluding steroid dienone is 2. The Balaban J connectivity index is 1.84. The van der Waals surface area contributed by atoms with Crippen LogP contribution in [-0.2, 0) is 6.42 Å². The first-order valence-corrected chi connectivity index (χ1v) is 10.0. The van der Waals surface area contributed by atoms with Gasteiger partial charge in [-0.25, -0.2) is 0 Å². The molecule has 0 saturated heterocycles. The van der Waals surface area contributed by atoms with Crippen LogP contribution in [0.25, 0.3) is 11.5 Å². The quantitative estimate of drug-likeness (QED) is 0.442. The van der Waals surface area contributed by atoms with E-state index in [0.717, 1.165) is 6.42 Å². The lowest BCUT2D eigenvalue weighted by molar-refractivity contribution is 1.10. The standard InChI is InChI=1S/C21H19BBr2/c1-12-10-14-6-4-8-16(23)18(14)20(12)22(3)21-13(2)11-15-7-5-9-17(24)19(15)21/h4-10,20H,11H2,1-3H3. The summed E-state index contributed by atoms with van der Waals surface area (Å²) in [7, 11) is 0. The third kappa shape index (κ3) is 2.40. The van der Waals surface area contributed by atoms with Crippen molar-refractivity contribution in [2.75, 3.05) is 0 Å². The maximum absolute atomic E-state index is 3.80. The Labute approximate surface area is 161 Å². The van der Waals surface area contributed by atoms with Gasteiger partial charge in [0.05, 0.1) is 0 Å². The average molecular weight is 442 g/mol. The van der Waals surface area contributed by atoms with Gasteiger partial charge in [-0.15, -0.1) is 0 Å². The summed E-state index contributed by atoms with van der Waals surface area (Å²) in [6.45, 7) is 7.43. The van der Waals surface area contributed by atoms with Crippen molar-refractivity contribution in [3.05, 3.63) is 78.7 Å². The average Bonchev–Trinajstić information content (AvgIpc) is 3.04.